The van der Waals surface area contributed by atoms with Crippen LogP contribution >= 0.6 is 0 Å². The molecular weight excluding hydrogens is 222 g/mol. The van der Waals surface area contributed by atoms with Gasteiger partial charge in [-0.3, -0.25) is 4.90 Å². The summed E-state index contributed by atoms with van der Waals surface area (Å²) >= 11 is 0. The van der Waals surface area contributed by atoms with Gasteiger partial charge in [0.15, 0.2) is 0 Å². The van der Waals surface area contributed by atoms with Gasteiger partial charge in [0.05, 0.1) is 7.11 Å². The van der Waals surface area contributed by atoms with E-state index in [1.54, 1.807) is 23.1 Å². The maximum absolute atomic E-state index is 11.5. The predicted octanol–water partition coefficient (Wildman–Crippen LogP) is 2.36. The van der Waals surface area contributed by atoms with Gasteiger partial charge in [-0.2, -0.15) is 0 Å². The van der Waals surface area contributed by atoms with Gasteiger partial charge in [-0.05, 0) is 12.5 Å². The Labute approximate surface area is 99.6 Å². The number of hydrogen-bond donors (Lipinski definition) is 0. The Morgan fingerprint density at radius 1 is 1.65 bits per heavy atom. The lowest BCUT2D eigenvalue weighted by molar-refractivity contribution is 0.157. The molecule has 5 nitrogen and oxygen atoms in total. The molecule has 1 aliphatic heterocycles. The van der Waals surface area contributed by atoms with Gasteiger partial charge in [0.1, 0.15) is 18.4 Å². The van der Waals surface area contributed by atoms with Crippen molar-refractivity contribution in [1.29, 1.82) is 0 Å². The lowest BCUT2D eigenvalue weighted by Crippen LogP contribution is -2.28. The molecule has 1 aliphatic rings. The third kappa shape index (κ3) is 2.27. The maximum Gasteiger partial charge on any atom is 0.410 e. The first-order chi connectivity index (χ1) is 8.26. The van der Waals surface area contributed by atoms with E-state index in [4.69, 9.17) is 13.9 Å². The monoisotopic (exact) mass is 237 g/mol. The molecule has 0 N–H and O–H groups in total. The van der Waals surface area contributed by atoms with E-state index in [0.29, 0.717) is 24.9 Å². The third-order valence-corrected chi connectivity index (χ3v) is 2.68. The van der Waals surface area contributed by atoms with Gasteiger partial charge in [0.2, 0.25) is 0 Å². The number of amides is 1. The molecular formula is C12H15NO4. The third-order valence-electron chi connectivity index (χ3n) is 2.68. The first-order valence-electron chi connectivity index (χ1n) is 5.44. The summed E-state index contributed by atoms with van der Waals surface area (Å²) < 4.78 is 15.4. The molecule has 0 aromatic carbocycles. The minimum atomic E-state index is -0.313. The van der Waals surface area contributed by atoms with Crippen LogP contribution in [-0.4, -0.2) is 31.3 Å². The van der Waals surface area contributed by atoms with Crippen molar-refractivity contribution in [3.05, 3.63) is 30.5 Å². The average Bonchev–Trinajstić information content (AvgIpc) is 2.93. The van der Waals surface area contributed by atoms with E-state index < -0.39 is 0 Å². The van der Waals surface area contributed by atoms with Gasteiger partial charge >= 0.3 is 6.09 Å². The number of hydrogen-bond acceptors (Lipinski definition) is 4. The SMILES string of the molecule is C=CCCN1C(=O)OCC1c1ccc(OC)o1. The van der Waals surface area contributed by atoms with E-state index in [2.05, 4.69) is 6.58 Å². The van der Waals surface area contributed by atoms with Crippen molar-refractivity contribution in [3.8, 4) is 5.95 Å². The highest BCUT2D eigenvalue weighted by atomic mass is 16.6. The smallest absolute Gasteiger partial charge is 0.410 e. The Hall–Kier alpha value is -1.91. The van der Waals surface area contributed by atoms with E-state index in [0.717, 1.165) is 6.42 Å². The molecule has 0 radical (unpaired) electrons. The lowest BCUT2D eigenvalue weighted by atomic mass is 10.2. The Bertz CT molecular complexity index is 412. The highest BCUT2D eigenvalue weighted by Crippen LogP contribution is 2.30. The van der Waals surface area contributed by atoms with Crippen LogP contribution in [0.15, 0.2) is 29.2 Å². The van der Waals surface area contributed by atoms with Crippen LogP contribution < -0.4 is 4.74 Å². The van der Waals surface area contributed by atoms with E-state index in [1.165, 1.54) is 7.11 Å². The van der Waals surface area contributed by atoms with E-state index in [9.17, 15) is 4.79 Å². The van der Waals surface area contributed by atoms with Crippen LogP contribution in [-0.2, 0) is 4.74 Å². The molecule has 1 unspecified atom stereocenters. The molecule has 0 spiro atoms. The summed E-state index contributed by atoms with van der Waals surface area (Å²) in [6.45, 7) is 4.53. The largest absolute Gasteiger partial charge is 0.468 e. The Balaban J connectivity index is 2.12. The van der Waals surface area contributed by atoms with Gasteiger partial charge in [-0.15, -0.1) is 6.58 Å². The minimum absolute atomic E-state index is 0.175. The second-order valence-electron chi connectivity index (χ2n) is 3.72. The summed E-state index contributed by atoms with van der Waals surface area (Å²) in [4.78, 5) is 13.2. The highest BCUT2D eigenvalue weighted by molar-refractivity contribution is 5.70. The molecule has 1 fully saturated rings. The van der Waals surface area contributed by atoms with Crippen molar-refractivity contribution in [2.75, 3.05) is 20.3 Å². The van der Waals surface area contributed by atoms with Gasteiger partial charge < -0.3 is 13.9 Å². The van der Waals surface area contributed by atoms with Crippen molar-refractivity contribution in [3.63, 3.8) is 0 Å². The number of furan rings is 1. The Morgan fingerprint density at radius 3 is 3.12 bits per heavy atom. The quantitative estimate of drug-likeness (QED) is 0.738. The fourth-order valence-corrected chi connectivity index (χ4v) is 1.79. The number of cyclic esters (lactones) is 1. The first kappa shape index (κ1) is 11.6. The molecule has 0 aliphatic carbocycles. The van der Waals surface area contributed by atoms with E-state index in [1.807, 2.05) is 0 Å². The second kappa shape index (κ2) is 4.95. The van der Waals surface area contributed by atoms with Crippen LogP contribution in [0.4, 0.5) is 4.79 Å². The molecule has 0 bridgehead atoms. The summed E-state index contributed by atoms with van der Waals surface area (Å²) in [5, 5.41) is 0. The number of nitrogens with zero attached hydrogens (tertiary/aromatic N) is 1. The minimum Gasteiger partial charge on any atom is -0.468 e. The second-order valence-corrected chi connectivity index (χ2v) is 3.72. The van der Waals surface area contributed by atoms with Crippen LogP contribution in [0.5, 0.6) is 5.95 Å². The zero-order valence-electron chi connectivity index (χ0n) is 9.72. The Kier molecular flexibility index (Phi) is 3.37. The van der Waals surface area contributed by atoms with Gasteiger partial charge in [0, 0.05) is 12.6 Å². The molecule has 2 rings (SSSR count). The first-order valence-corrected chi connectivity index (χ1v) is 5.44. The molecule has 2 heterocycles. The van der Waals surface area contributed by atoms with Crippen molar-refractivity contribution in [2.45, 2.75) is 12.5 Å². The fourth-order valence-electron chi connectivity index (χ4n) is 1.79. The molecule has 1 atom stereocenters. The molecule has 1 saturated heterocycles. The van der Waals surface area contributed by atoms with Gasteiger partial charge in [-0.1, -0.05) is 6.08 Å². The van der Waals surface area contributed by atoms with Crippen LogP contribution in [0, 0.1) is 0 Å². The number of carbonyl (C=O) groups is 1. The normalized spacial score (nSPS) is 19.2. The summed E-state index contributed by atoms with van der Waals surface area (Å²) in [5.41, 5.74) is 0. The Morgan fingerprint density at radius 2 is 2.47 bits per heavy atom. The molecule has 5 heteroatoms. The molecule has 1 aromatic heterocycles. The fraction of sp³-hybridized carbons (Fsp3) is 0.417. The van der Waals surface area contributed by atoms with Gasteiger partial charge in [-0.25, -0.2) is 4.79 Å². The number of carbonyl (C=O) groups excluding carboxylic acids is 1. The van der Waals surface area contributed by atoms with Crippen molar-refractivity contribution in [2.24, 2.45) is 0 Å². The van der Waals surface area contributed by atoms with Crippen LogP contribution in [0.3, 0.4) is 0 Å². The van der Waals surface area contributed by atoms with Crippen molar-refractivity contribution in [1.82, 2.24) is 4.90 Å². The van der Waals surface area contributed by atoms with Gasteiger partial charge in [0.25, 0.3) is 5.95 Å². The number of ether oxygens (including phenoxy) is 2. The van der Waals surface area contributed by atoms with Crippen LogP contribution in [0.1, 0.15) is 18.2 Å². The lowest BCUT2D eigenvalue weighted by Gasteiger charge is -2.18. The maximum atomic E-state index is 11.5. The van der Waals surface area contributed by atoms with Crippen LogP contribution in [0.25, 0.3) is 0 Å². The molecule has 1 amide bonds. The molecule has 1 aromatic rings. The van der Waals surface area contributed by atoms with Crippen LogP contribution in [0.2, 0.25) is 0 Å². The van der Waals surface area contributed by atoms with Crippen molar-refractivity contribution >= 4 is 6.09 Å². The van der Waals surface area contributed by atoms with Crippen molar-refractivity contribution < 1.29 is 18.7 Å². The topological polar surface area (TPSA) is 51.9 Å². The van der Waals surface area contributed by atoms with E-state index >= 15 is 0 Å². The summed E-state index contributed by atoms with van der Waals surface area (Å²) in [6.07, 6.45) is 2.18. The zero-order valence-corrected chi connectivity index (χ0v) is 9.72. The number of methoxy groups -OCH3 is 1. The summed E-state index contributed by atoms with van der Waals surface area (Å²) in [6, 6.07) is 3.35. The number of rotatable bonds is 5. The summed E-state index contributed by atoms with van der Waals surface area (Å²) in [7, 11) is 1.54. The highest BCUT2D eigenvalue weighted by Gasteiger charge is 2.35. The standard InChI is InChI=1S/C12H15NO4/c1-3-4-7-13-9(8-16-12(13)14)10-5-6-11(15-2)17-10/h3,5-6,9H,1,4,7-8H2,2H3. The zero-order chi connectivity index (χ0) is 12.3. The average molecular weight is 237 g/mol. The van der Waals surface area contributed by atoms with E-state index in [-0.39, 0.29) is 12.1 Å². The molecule has 17 heavy (non-hydrogen) atoms. The molecule has 92 valence electrons. The predicted molar refractivity (Wildman–Crippen MR) is 60.9 cm³/mol. The molecule has 0 saturated carbocycles. The summed E-state index contributed by atoms with van der Waals surface area (Å²) in [5.74, 6) is 1.11.